The first-order valence-corrected chi connectivity index (χ1v) is 6.87. The summed E-state index contributed by atoms with van der Waals surface area (Å²) in [4.78, 5) is 12.2. The molecule has 0 aliphatic carbocycles. The zero-order chi connectivity index (χ0) is 14.5. The summed E-state index contributed by atoms with van der Waals surface area (Å²) in [5, 5.41) is 0. The Morgan fingerprint density at radius 1 is 1.10 bits per heavy atom. The molecule has 0 amide bonds. The Hall–Kier alpha value is -2.33. The van der Waals surface area contributed by atoms with Gasteiger partial charge in [-0.3, -0.25) is 0 Å². The fourth-order valence-corrected chi connectivity index (χ4v) is 1.91. The molecule has 108 valence electrons. The maximum absolute atomic E-state index is 12.2. The Bertz CT molecular complexity index is 605. The van der Waals surface area contributed by atoms with Crippen molar-refractivity contribution in [3.63, 3.8) is 0 Å². The summed E-state index contributed by atoms with van der Waals surface area (Å²) in [5.41, 5.74) is 1.39. The number of para-hydroxylation sites is 1. The SMILES string of the molecule is O=C(OCc1ccccc1)c1ccccc1OCC1CO1. The van der Waals surface area contributed by atoms with Gasteiger partial charge < -0.3 is 14.2 Å². The topological polar surface area (TPSA) is 48.1 Å². The molecule has 0 radical (unpaired) electrons. The molecule has 1 fully saturated rings. The summed E-state index contributed by atoms with van der Waals surface area (Å²) in [6.45, 7) is 1.43. The average Bonchev–Trinajstić information content (AvgIpc) is 3.36. The molecular formula is C17H16O4. The van der Waals surface area contributed by atoms with Crippen LogP contribution in [0.5, 0.6) is 5.75 Å². The third kappa shape index (κ3) is 3.83. The number of ether oxygens (including phenoxy) is 3. The summed E-state index contributed by atoms with van der Waals surface area (Å²) in [5.74, 6) is 0.150. The second-order valence-electron chi connectivity index (χ2n) is 4.82. The van der Waals surface area contributed by atoms with Crippen molar-refractivity contribution in [2.24, 2.45) is 0 Å². The molecule has 1 aliphatic rings. The number of benzene rings is 2. The monoisotopic (exact) mass is 284 g/mol. The van der Waals surface area contributed by atoms with Crippen LogP contribution in [0.4, 0.5) is 0 Å². The van der Waals surface area contributed by atoms with E-state index in [1.165, 1.54) is 0 Å². The number of esters is 1. The van der Waals surface area contributed by atoms with Crippen LogP contribution in [0.1, 0.15) is 15.9 Å². The minimum Gasteiger partial charge on any atom is -0.490 e. The zero-order valence-electron chi connectivity index (χ0n) is 11.5. The number of epoxide rings is 1. The van der Waals surface area contributed by atoms with Gasteiger partial charge in [0.25, 0.3) is 0 Å². The fourth-order valence-electron chi connectivity index (χ4n) is 1.91. The second kappa shape index (κ2) is 6.41. The van der Waals surface area contributed by atoms with Gasteiger partial charge in [0.2, 0.25) is 0 Å². The zero-order valence-corrected chi connectivity index (χ0v) is 11.5. The predicted molar refractivity (Wildman–Crippen MR) is 77.2 cm³/mol. The molecule has 0 spiro atoms. The molecule has 0 bridgehead atoms. The number of hydrogen-bond acceptors (Lipinski definition) is 4. The van der Waals surface area contributed by atoms with Crippen LogP contribution in [0.2, 0.25) is 0 Å². The lowest BCUT2D eigenvalue weighted by Gasteiger charge is -2.10. The maximum Gasteiger partial charge on any atom is 0.342 e. The van der Waals surface area contributed by atoms with Gasteiger partial charge in [-0.1, -0.05) is 42.5 Å². The average molecular weight is 284 g/mol. The van der Waals surface area contributed by atoms with Crippen LogP contribution in [-0.4, -0.2) is 25.3 Å². The molecule has 2 aromatic rings. The van der Waals surface area contributed by atoms with Crippen LogP contribution in [-0.2, 0) is 16.1 Å². The number of hydrogen-bond donors (Lipinski definition) is 0. The molecular weight excluding hydrogens is 268 g/mol. The molecule has 4 heteroatoms. The number of carbonyl (C=O) groups excluding carboxylic acids is 1. The third-order valence-corrected chi connectivity index (χ3v) is 3.15. The molecule has 1 atom stereocenters. The predicted octanol–water partition coefficient (Wildman–Crippen LogP) is 2.82. The molecule has 4 nitrogen and oxygen atoms in total. The summed E-state index contributed by atoms with van der Waals surface area (Å²) < 4.78 is 16.0. The van der Waals surface area contributed by atoms with Gasteiger partial charge in [0.05, 0.1) is 6.61 Å². The van der Waals surface area contributed by atoms with Gasteiger partial charge >= 0.3 is 5.97 Å². The van der Waals surface area contributed by atoms with Crippen molar-refractivity contribution in [2.45, 2.75) is 12.7 Å². The summed E-state index contributed by atoms with van der Waals surface area (Å²) >= 11 is 0. The van der Waals surface area contributed by atoms with Crippen molar-refractivity contribution in [2.75, 3.05) is 13.2 Å². The van der Waals surface area contributed by atoms with E-state index in [-0.39, 0.29) is 18.7 Å². The first kappa shape index (κ1) is 13.6. The summed E-state index contributed by atoms with van der Waals surface area (Å²) in [6.07, 6.45) is 0.151. The molecule has 1 heterocycles. The van der Waals surface area contributed by atoms with E-state index in [1.807, 2.05) is 36.4 Å². The van der Waals surface area contributed by atoms with Crippen molar-refractivity contribution in [1.29, 1.82) is 0 Å². The van der Waals surface area contributed by atoms with E-state index in [0.717, 1.165) is 12.2 Å². The van der Waals surface area contributed by atoms with Gasteiger partial charge in [0, 0.05) is 0 Å². The molecule has 0 N–H and O–H groups in total. The van der Waals surface area contributed by atoms with Crippen LogP contribution in [0.25, 0.3) is 0 Å². The Labute approximate surface area is 123 Å². The molecule has 0 aromatic heterocycles. The molecule has 3 rings (SSSR count). The number of carbonyl (C=O) groups is 1. The van der Waals surface area contributed by atoms with Gasteiger partial charge in [-0.25, -0.2) is 4.79 Å². The minimum atomic E-state index is -0.383. The molecule has 2 aromatic carbocycles. The minimum absolute atomic E-state index is 0.151. The van der Waals surface area contributed by atoms with E-state index in [2.05, 4.69) is 0 Å². The first-order chi connectivity index (χ1) is 10.3. The molecule has 1 unspecified atom stereocenters. The van der Waals surface area contributed by atoms with Gasteiger partial charge in [0.15, 0.2) is 0 Å². The lowest BCUT2D eigenvalue weighted by atomic mass is 10.2. The lowest BCUT2D eigenvalue weighted by molar-refractivity contribution is 0.0467. The summed E-state index contributed by atoms with van der Waals surface area (Å²) in [7, 11) is 0. The molecule has 0 saturated carbocycles. The number of rotatable bonds is 6. The Morgan fingerprint density at radius 3 is 2.57 bits per heavy atom. The molecule has 1 saturated heterocycles. The highest BCUT2D eigenvalue weighted by atomic mass is 16.6. The third-order valence-electron chi connectivity index (χ3n) is 3.15. The van der Waals surface area contributed by atoms with Crippen molar-refractivity contribution >= 4 is 5.97 Å². The highest BCUT2D eigenvalue weighted by Crippen LogP contribution is 2.21. The largest absolute Gasteiger partial charge is 0.490 e. The van der Waals surface area contributed by atoms with Gasteiger partial charge in [-0.15, -0.1) is 0 Å². The van der Waals surface area contributed by atoms with Crippen molar-refractivity contribution < 1.29 is 19.0 Å². The quantitative estimate of drug-likeness (QED) is 0.604. The summed E-state index contributed by atoms with van der Waals surface area (Å²) in [6, 6.07) is 16.7. The van der Waals surface area contributed by atoms with E-state index in [0.29, 0.717) is 17.9 Å². The standard InChI is InChI=1S/C17H16O4/c18-17(21-10-13-6-2-1-3-7-13)15-8-4-5-9-16(15)20-12-14-11-19-14/h1-9,14H,10-12H2. The van der Waals surface area contributed by atoms with Gasteiger partial charge in [0.1, 0.15) is 30.6 Å². The Morgan fingerprint density at radius 2 is 1.81 bits per heavy atom. The van der Waals surface area contributed by atoms with E-state index in [9.17, 15) is 4.79 Å². The van der Waals surface area contributed by atoms with Gasteiger partial charge in [-0.2, -0.15) is 0 Å². The molecule has 1 aliphatic heterocycles. The van der Waals surface area contributed by atoms with Crippen LogP contribution >= 0.6 is 0 Å². The highest BCUT2D eigenvalue weighted by molar-refractivity contribution is 5.92. The van der Waals surface area contributed by atoms with E-state index < -0.39 is 0 Å². The van der Waals surface area contributed by atoms with Crippen LogP contribution in [0, 0.1) is 0 Å². The van der Waals surface area contributed by atoms with Crippen molar-refractivity contribution in [3.05, 3.63) is 65.7 Å². The van der Waals surface area contributed by atoms with Crippen LogP contribution in [0.15, 0.2) is 54.6 Å². The van der Waals surface area contributed by atoms with Crippen molar-refractivity contribution in [3.8, 4) is 5.75 Å². The van der Waals surface area contributed by atoms with E-state index in [4.69, 9.17) is 14.2 Å². The van der Waals surface area contributed by atoms with Crippen LogP contribution < -0.4 is 4.74 Å². The van der Waals surface area contributed by atoms with Crippen molar-refractivity contribution in [1.82, 2.24) is 0 Å². The Balaban J connectivity index is 1.63. The maximum atomic E-state index is 12.2. The van der Waals surface area contributed by atoms with Crippen LogP contribution in [0.3, 0.4) is 0 Å². The normalized spacial score (nSPS) is 16.3. The lowest BCUT2D eigenvalue weighted by Crippen LogP contribution is -2.10. The fraction of sp³-hybridized carbons (Fsp3) is 0.235. The first-order valence-electron chi connectivity index (χ1n) is 6.87. The molecule has 21 heavy (non-hydrogen) atoms. The highest BCUT2D eigenvalue weighted by Gasteiger charge is 2.24. The second-order valence-corrected chi connectivity index (χ2v) is 4.82. The van der Waals surface area contributed by atoms with E-state index in [1.54, 1.807) is 18.2 Å². The van der Waals surface area contributed by atoms with Gasteiger partial charge in [-0.05, 0) is 17.7 Å². The van der Waals surface area contributed by atoms with E-state index >= 15 is 0 Å². The Kier molecular flexibility index (Phi) is 4.17. The smallest absolute Gasteiger partial charge is 0.342 e.